The maximum Gasteiger partial charge on any atom is 0.250 e. The van der Waals surface area contributed by atoms with E-state index in [2.05, 4.69) is 31.1 Å². The lowest BCUT2D eigenvalue weighted by Crippen LogP contribution is -2.23. The third-order valence-electron chi connectivity index (χ3n) is 2.91. The minimum Gasteiger partial charge on any atom is -0.397 e. The minimum absolute atomic E-state index is 0.177. The van der Waals surface area contributed by atoms with E-state index in [9.17, 15) is 4.79 Å². The van der Waals surface area contributed by atoms with Crippen LogP contribution in [0.2, 0.25) is 0 Å². The Balaban J connectivity index is 2.80. The summed E-state index contributed by atoms with van der Waals surface area (Å²) in [6.07, 6.45) is 2.50. The van der Waals surface area contributed by atoms with Crippen LogP contribution in [0, 0.1) is 5.41 Å². The van der Waals surface area contributed by atoms with Gasteiger partial charge in [0.1, 0.15) is 5.82 Å². The average molecular weight is 236 g/mol. The average Bonchev–Trinajstić information content (AvgIpc) is 2.27. The fourth-order valence-corrected chi connectivity index (χ4v) is 1.23. The van der Waals surface area contributed by atoms with Crippen molar-refractivity contribution < 1.29 is 4.79 Å². The largest absolute Gasteiger partial charge is 0.397 e. The lowest BCUT2D eigenvalue weighted by Gasteiger charge is -2.23. The summed E-state index contributed by atoms with van der Waals surface area (Å²) in [5.74, 6) is 0.0808. The highest BCUT2D eigenvalue weighted by Crippen LogP contribution is 2.21. The first-order valence-corrected chi connectivity index (χ1v) is 5.65. The van der Waals surface area contributed by atoms with E-state index in [1.54, 1.807) is 6.07 Å². The molecule has 0 radical (unpaired) electrons. The van der Waals surface area contributed by atoms with E-state index < -0.39 is 5.91 Å². The van der Waals surface area contributed by atoms with Gasteiger partial charge in [0.15, 0.2) is 0 Å². The summed E-state index contributed by atoms with van der Waals surface area (Å²) in [6, 6.07) is 1.59. The van der Waals surface area contributed by atoms with Crippen LogP contribution in [0.4, 0.5) is 11.5 Å². The maximum absolute atomic E-state index is 11.1. The third-order valence-corrected chi connectivity index (χ3v) is 2.91. The van der Waals surface area contributed by atoms with Gasteiger partial charge in [-0.3, -0.25) is 4.79 Å². The monoisotopic (exact) mass is 236 g/mol. The van der Waals surface area contributed by atoms with Gasteiger partial charge in [-0.15, -0.1) is 0 Å². The zero-order chi connectivity index (χ0) is 13.1. The Morgan fingerprint density at radius 3 is 2.71 bits per heavy atom. The van der Waals surface area contributed by atoms with Gasteiger partial charge < -0.3 is 16.8 Å². The summed E-state index contributed by atoms with van der Waals surface area (Å²) in [4.78, 5) is 15.2. The normalized spacial score (nSPS) is 11.2. The van der Waals surface area contributed by atoms with Crippen molar-refractivity contribution in [1.82, 2.24) is 4.98 Å². The number of nitrogen functional groups attached to an aromatic ring is 1. The Labute approximate surface area is 102 Å². The number of primary amides is 1. The van der Waals surface area contributed by atoms with Crippen molar-refractivity contribution in [2.45, 2.75) is 27.2 Å². The van der Waals surface area contributed by atoms with E-state index in [1.807, 2.05) is 0 Å². The molecule has 0 bridgehead atoms. The first kappa shape index (κ1) is 13.3. The molecule has 0 aliphatic carbocycles. The van der Waals surface area contributed by atoms with Gasteiger partial charge in [0.2, 0.25) is 0 Å². The molecule has 5 nitrogen and oxygen atoms in total. The second-order valence-electron chi connectivity index (χ2n) is 4.89. The molecule has 1 rings (SSSR count). The van der Waals surface area contributed by atoms with Gasteiger partial charge >= 0.3 is 0 Å². The number of hydrogen-bond acceptors (Lipinski definition) is 4. The summed E-state index contributed by atoms with van der Waals surface area (Å²) in [5.41, 5.74) is 11.6. The summed E-state index contributed by atoms with van der Waals surface area (Å²) in [7, 11) is 0. The second-order valence-corrected chi connectivity index (χ2v) is 4.89. The fourth-order valence-electron chi connectivity index (χ4n) is 1.23. The first-order chi connectivity index (χ1) is 7.85. The number of amides is 1. The van der Waals surface area contributed by atoms with Crippen LogP contribution in [0.3, 0.4) is 0 Å². The molecule has 5 heteroatoms. The van der Waals surface area contributed by atoms with E-state index in [0.717, 1.165) is 13.0 Å². The topological polar surface area (TPSA) is 94.0 Å². The number of carbonyl (C=O) groups is 1. The maximum atomic E-state index is 11.1. The number of rotatable bonds is 5. The predicted molar refractivity (Wildman–Crippen MR) is 69.7 cm³/mol. The van der Waals surface area contributed by atoms with Gasteiger partial charge in [-0.1, -0.05) is 20.8 Å². The minimum atomic E-state index is -0.539. The lowest BCUT2D eigenvalue weighted by atomic mass is 9.90. The van der Waals surface area contributed by atoms with E-state index in [-0.39, 0.29) is 5.41 Å². The Morgan fingerprint density at radius 1 is 1.53 bits per heavy atom. The molecule has 17 heavy (non-hydrogen) atoms. The van der Waals surface area contributed by atoms with Crippen LogP contribution in [0.5, 0.6) is 0 Å². The van der Waals surface area contributed by atoms with Crippen LogP contribution < -0.4 is 16.8 Å². The molecule has 0 saturated heterocycles. The summed E-state index contributed by atoms with van der Waals surface area (Å²) in [6.45, 7) is 7.23. The van der Waals surface area contributed by atoms with Crippen LogP contribution >= 0.6 is 0 Å². The Hall–Kier alpha value is -1.78. The molecule has 1 aromatic rings. The summed E-state index contributed by atoms with van der Waals surface area (Å²) in [5, 5.41) is 3.18. The quantitative estimate of drug-likeness (QED) is 0.724. The van der Waals surface area contributed by atoms with Crippen LogP contribution in [0.25, 0.3) is 0 Å². The van der Waals surface area contributed by atoms with Gasteiger partial charge in [0.25, 0.3) is 5.91 Å². The third kappa shape index (κ3) is 3.62. The van der Waals surface area contributed by atoms with Crippen LogP contribution in [-0.4, -0.2) is 17.4 Å². The number of nitrogens with two attached hydrogens (primary N) is 2. The van der Waals surface area contributed by atoms with Crippen molar-refractivity contribution in [3.63, 3.8) is 0 Å². The molecule has 1 aromatic heterocycles. The lowest BCUT2D eigenvalue weighted by molar-refractivity contribution is 0.100. The highest BCUT2D eigenvalue weighted by atomic mass is 16.1. The molecule has 0 spiro atoms. The summed E-state index contributed by atoms with van der Waals surface area (Å²) < 4.78 is 0. The van der Waals surface area contributed by atoms with Crippen molar-refractivity contribution in [3.05, 3.63) is 17.8 Å². The Morgan fingerprint density at radius 2 is 2.18 bits per heavy atom. The molecule has 0 saturated carbocycles. The van der Waals surface area contributed by atoms with Crippen molar-refractivity contribution in [1.29, 1.82) is 0 Å². The molecule has 0 fully saturated rings. The molecule has 0 unspecified atom stereocenters. The number of hydrogen-bond donors (Lipinski definition) is 3. The molecule has 0 aromatic carbocycles. The highest BCUT2D eigenvalue weighted by molar-refractivity contribution is 5.98. The van der Waals surface area contributed by atoms with Gasteiger partial charge in [-0.2, -0.15) is 0 Å². The SMILES string of the molecule is CCC(C)(C)CNc1cc(C(N)=O)c(N)cn1. The van der Waals surface area contributed by atoms with Gasteiger partial charge in [0.05, 0.1) is 17.4 Å². The molecule has 0 aliphatic rings. The van der Waals surface area contributed by atoms with Crippen molar-refractivity contribution in [2.75, 3.05) is 17.6 Å². The molecular weight excluding hydrogens is 216 g/mol. The smallest absolute Gasteiger partial charge is 0.250 e. The van der Waals surface area contributed by atoms with Gasteiger partial charge in [0, 0.05) is 6.54 Å². The number of pyridine rings is 1. The molecule has 0 aliphatic heterocycles. The van der Waals surface area contributed by atoms with E-state index in [0.29, 0.717) is 17.1 Å². The Bertz CT molecular complexity index is 415. The Kier molecular flexibility index (Phi) is 3.93. The van der Waals surface area contributed by atoms with Crippen LogP contribution in [0.1, 0.15) is 37.6 Å². The predicted octanol–water partition coefficient (Wildman–Crippen LogP) is 1.61. The van der Waals surface area contributed by atoms with Crippen LogP contribution in [0.15, 0.2) is 12.3 Å². The second kappa shape index (κ2) is 5.03. The van der Waals surface area contributed by atoms with Crippen molar-refractivity contribution in [3.8, 4) is 0 Å². The first-order valence-electron chi connectivity index (χ1n) is 5.65. The number of nitrogens with one attached hydrogen (secondary N) is 1. The molecular formula is C12H20N4O. The highest BCUT2D eigenvalue weighted by Gasteiger charge is 2.15. The summed E-state index contributed by atoms with van der Waals surface area (Å²) >= 11 is 0. The molecule has 1 amide bonds. The van der Waals surface area contributed by atoms with Crippen LogP contribution in [-0.2, 0) is 0 Å². The molecule has 94 valence electrons. The van der Waals surface area contributed by atoms with Gasteiger partial charge in [-0.05, 0) is 17.9 Å². The van der Waals surface area contributed by atoms with Crippen molar-refractivity contribution in [2.24, 2.45) is 11.1 Å². The zero-order valence-electron chi connectivity index (χ0n) is 10.6. The zero-order valence-corrected chi connectivity index (χ0v) is 10.6. The van der Waals surface area contributed by atoms with Gasteiger partial charge in [-0.25, -0.2) is 4.98 Å². The number of carbonyl (C=O) groups excluding carboxylic acids is 1. The van der Waals surface area contributed by atoms with Crippen molar-refractivity contribution >= 4 is 17.4 Å². The van der Waals surface area contributed by atoms with E-state index in [1.165, 1.54) is 6.20 Å². The number of aromatic nitrogens is 1. The molecule has 1 heterocycles. The van der Waals surface area contributed by atoms with E-state index in [4.69, 9.17) is 11.5 Å². The molecule has 0 atom stereocenters. The standard InChI is InChI=1S/C12H20N4O/c1-4-12(2,3)7-16-10-5-8(11(14)17)9(13)6-15-10/h5-6H,4,7,13H2,1-3H3,(H2,14,17)(H,15,16). The number of anilines is 2. The fraction of sp³-hybridized carbons (Fsp3) is 0.500. The van der Waals surface area contributed by atoms with E-state index >= 15 is 0 Å². The molecule has 5 N–H and O–H groups in total. The number of nitrogens with zero attached hydrogens (tertiary/aromatic N) is 1.